The van der Waals surface area contributed by atoms with E-state index in [9.17, 15) is 0 Å². The number of rotatable bonds is 4. The van der Waals surface area contributed by atoms with Crippen molar-refractivity contribution >= 4 is 5.82 Å². The Balaban J connectivity index is 1.73. The van der Waals surface area contributed by atoms with Gasteiger partial charge in [0.05, 0.1) is 11.6 Å². The van der Waals surface area contributed by atoms with Crippen LogP contribution in [-0.4, -0.2) is 36.1 Å². The van der Waals surface area contributed by atoms with Gasteiger partial charge in [0.15, 0.2) is 0 Å². The summed E-state index contributed by atoms with van der Waals surface area (Å²) in [6, 6.07) is 5.63. The quantitative estimate of drug-likeness (QED) is 0.881. The molecule has 4 nitrogen and oxygen atoms in total. The first-order valence-corrected chi connectivity index (χ1v) is 6.60. The molecule has 96 valence electrons. The predicted molar refractivity (Wildman–Crippen MR) is 72.3 cm³/mol. The van der Waals surface area contributed by atoms with Crippen LogP contribution in [0.25, 0.3) is 0 Å². The number of aromatic nitrogens is 1. The molecule has 0 radical (unpaired) electrons. The van der Waals surface area contributed by atoms with Gasteiger partial charge in [-0.25, -0.2) is 4.98 Å². The molecule has 0 amide bonds. The van der Waals surface area contributed by atoms with Crippen molar-refractivity contribution in [3.63, 3.8) is 0 Å². The summed E-state index contributed by atoms with van der Waals surface area (Å²) >= 11 is 0. The molecule has 0 bridgehead atoms. The van der Waals surface area contributed by atoms with Gasteiger partial charge >= 0.3 is 0 Å². The minimum atomic E-state index is 0.652. The molecule has 2 rings (SSSR count). The van der Waals surface area contributed by atoms with Crippen molar-refractivity contribution in [1.29, 1.82) is 5.26 Å². The fraction of sp³-hybridized carbons (Fsp3) is 0.571. The van der Waals surface area contributed by atoms with Crippen LogP contribution in [0.15, 0.2) is 18.3 Å². The highest BCUT2D eigenvalue weighted by molar-refractivity contribution is 5.42. The van der Waals surface area contributed by atoms with Crippen molar-refractivity contribution < 1.29 is 0 Å². The Morgan fingerprint density at radius 1 is 1.50 bits per heavy atom. The zero-order chi connectivity index (χ0) is 12.8. The zero-order valence-corrected chi connectivity index (χ0v) is 10.9. The van der Waals surface area contributed by atoms with E-state index < -0.39 is 0 Å². The molecular formula is C14H20N4. The molecule has 0 unspecified atom stereocenters. The van der Waals surface area contributed by atoms with Crippen molar-refractivity contribution in [1.82, 2.24) is 9.88 Å². The molecule has 1 aliphatic heterocycles. The van der Waals surface area contributed by atoms with Gasteiger partial charge in [0, 0.05) is 19.3 Å². The molecule has 1 N–H and O–H groups in total. The summed E-state index contributed by atoms with van der Waals surface area (Å²) in [5, 5.41) is 12.1. The number of nitrogens with one attached hydrogen (secondary N) is 1. The van der Waals surface area contributed by atoms with Gasteiger partial charge in [-0.2, -0.15) is 5.26 Å². The first kappa shape index (κ1) is 12.8. The number of anilines is 1. The van der Waals surface area contributed by atoms with Crippen LogP contribution in [-0.2, 0) is 0 Å². The van der Waals surface area contributed by atoms with Gasteiger partial charge in [-0.15, -0.1) is 0 Å². The van der Waals surface area contributed by atoms with Crippen molar-refractivity contribution in [3.05, 3.63) is 23.9 Å². The van der Waals surface area contributed by atoms with E-state index in [-0.39, 0.29) is 0 Å². The summed E-state index contributed by atoms with van der Waals surface area (Å²) in [6.45, 7) is 6.66. The highest BCUT2D eigenvalue weighted by Gasteiger charge is 2.14. The maximum absolute atomic E-state index is 8.80. The van der Waals surface area contributed by atoms with Crippen LogP contribution in [0.2, 0.25) is 0 Å². The van der Waals surface area contributed by atoms with Crippen molar-refractivity contribution in [2.75, 3.05) is 31.5 Å². The SMILES string of the molecule is CC1CCN(CCNc2cc(C#N)ccn2)CC1. The van der Waals surface area contributed by atoms with Crippen LogP contribution in [0.1, 0.15) is 25.3 Å². The molecule has 1 aromatic heterocycles. The zero-order valence-electron chi connectivity index (χ0n) is 10.9. The molecule has 1 saturated heterocycles. The lowest BCUT2D eigenvalue weighted by Gasteiger charge is -2.30. The van der Waals surface area contributed by atoms with Crippen LogP contribution < -0.4 is 5.32 Å². The second kappa shape index (κ2) is 6.36. The number of hydrogen-bond acceptors (Lipinski definition) is 4. The number of pyridine rings is 1. The Morgan fingerprint density at radius 2 is 2.28 bits per heavy atom. The van der Waals surface area contributed by atoms with Crippen molar-refractivity contribution in [3.8, 4) is 6.07 Å². The normalized spacial score (nSPS) is 17.3. The summed E-state index contributed by atoms with van der Waals surface area (Å²) in [5.74, 6) is 1.67. The number of nitriles is 1. The van der Waals surface area contributed by atoms with E-state index in [0.29, 0.717) is 5.56 Å². The summed E-state index contributed by atoms with van der Waals surface area (Å²) in [5.41, 5.74) is 0.652. The monoisotopic (exact) mass is 244 g/mol. The largest absolute Gasteiger partial charge is 0.369 e. The average Bonchev–Trinajstić information content (AvgIpc) is 2.41. The molecule has 18 heavy (non-hydrogen) atoms. The predicted octanol–water partition coefficient (Wildman–Crippen LogP) is 2.10. The minimum Gasteiger partial charge on any atom is -0.369 e. The Morgan fingerprint density at radius 3 is 3.00 bits per heavy atom. The molecule has 0 aliphatic carbocycles. The molecule has 0 saturated carbocycles. The Labute approximate surface area is 109 Å². The lowest BCUT2D eigenvalue weighted by molar-refractivity contribution is 0.199. The average molecular weight is 244 g/mol. The fourth-order valence-corrected chi connectivity index (χ4v) is 2.22. The highest BCUT2D eigenvalue weighted by atomic mass is 15.1. The lowest BCUT2D eigenvalue weighted by Crippen LogP contribution is -2.36. The van der Waals surface area contributed by atoms with Crippen LogP contribution >= 0.6 is 0 Å². The molecule has 0 spiro atoms. The Hall–Kier alpha value is -1.60. The fourth-order valence-electron chi connectivity index (χ4n) is 2.22. The third kappa shape index (κ3) is 3.71. The standard InChI is InChI=1S/C14H20N4/c1-12-3-7-18(8-4-12)9-6-17-14-10-13(11-15)2-5-16-14/h2,5,10,12H,3-4,6-9H2,1H3,(H,16,17). The van der Waals surface area contributed by atoms with Crippen molar-refractivity contribution in [2.45, 2.75) is 19.8 Å². The molecular weight excluding hydrogens is 224 g/mol. The Kier molecular flexibility index (Phi) is 4.54. The molecule has 4 heteroatoms. The second-order valence-electron chi connectivity index (χ2n) is 4.99. The summed E-state index contributed by atoms with van der Waals surface area (Å²) in [7, 11) is 0. The molecule has 1 aliphatic rings. The van der Waals surface area contributed by atoms with Gasteiger partial charge in [0.25, 0.3) is 0 Å². The van der Waals surface area contributed by atoms with E-state index in [4.69, 9.17) is 5.26 Å². The van der Waals surface area contributed by atoms with Gasteiger partial charge in [-0.1, -0.05) is 6.92 Å². The van der Waals surface area contributed by atoms with E-state index >= 15 is 0 Å². The molecule has 2 heterocycles. The molecule has 0 atom stereocenters. The van der Waals surface area contributed by atoms with E-state index in [2.05, 4.69) is 28.2 Å². The van der Waals surface area contributed by atoms with Crippen LogP contribution in [0, 0.1) is 17.2 Å². The van der Waals surface area contributed by atoms with E-state index in [0.717, 1.165) is 24.8 Å². The summed E-state index contributed by atoms with van der Waals surface area (Å²) in [4.78, 5) is 6.69. The minimum absolute atomic E-state index is 0.652. The summed E-state index contributed by atoms with van der Waals surface area (Å²) in [6.07, 6.45) is 4.29. The van der Waals surface area contributed by atoms with Crippen LogP contribution in [0.4, 0.5) is 5.82 Å². The summed E-state index contributed by atoms with van der Waals surface area (Å²) < 4.78 is 0. The van der Waals surface area contributed by atoms with E-state index in [1.165, 1.54) is 25.9 Å². The topological polar surface area (TPSA) is 52.0 Å². The van der Waals surface area contributed by atoms with E-state index in [1.54, 1.807) is 18.3 Å². The lowest BCUT2D eigenvalue weighted by atomic mass is 9.99. The van der Waals surface area contributed by atoms with Gasteiger partial charge < -0.3 is 10.2 Å². The third-order valence-electron chi connectivity index (χ3n) is 3.50. The number of hydrogen-bond donors (Lipinski definition) is 1. The maximum atomic E-state index is 8.80. The first-order valence-electron chi connectivity index (χ1n) is 6.60. The Bertz CT molecular complexity index is 416. The molecule has 1 aromatic rings. The van der Waals surface area contributed by atoms with Gasteiger partial charge in [-0.3, -0.25) is 0 Å². The van der Waals surface area contributed by atoms with Crippen molar-refractivity contribution in [2.24, 2.45) is 5.92 Å². The van der Waals surface area contributed by atoms with Crippen LogP contribution in [0.5, 0.6) is 0 Å². The highest BCUT2D eigenvalue weighted by Crippen LogP contribution is 2.15. The van der Waals surface area contributed by atoms with Gasteiger partial charge in [0.2, 0.25) is 0 Å². The number of nitrogens with zero attached hydrogens (tertiary/aromatic N) is 3. The maximum Gasteiger partial charge on any atom is 0.127 e. The van der Waals surface area contributed by atoms with Gasteiger partial charge in [0.1, 0.15) is 5.82 Å². The number of likely N-dealkylation sites (tertiary alicyclic amines) is 1. The van der Waals surface area contributed by atoms with Crippen LogP contribution in [0.3, 0.4) is 0 Å². The third-order valence-corrected chi connectivity index (χ3v) is 3.50. The number of piperidine rings is 1. The first-order chi connectivity index (χ1) is 8.78. The molecule has 0 aromatic carbocycles. The second-order valence-corrected chi connectivity index (χ2v) is 4.99. The van der Waals surface area contributed by atoms with Gasteiger partial charge in [-0.05, 0) is 44.0 Å². The van der Waals surface area contributed by atoms with E-state index in [1.807, 2.05) is 0 Å². The smallest absolute Gasteiger partial charge is 0.127 e. The molecule has 1 fully saturated rings.